The molecule has 1 aliphatic heterocycles. The van der Waals surface area contributed by atoms with Gasteiger partial charge in [0.2, 0.25) is 21.8 Å². The molecule has 2 rings (SSSR count). The van der Waals surface area contributed by atoms with Gasteiger partial charge >= 0.3 is 0 Å². The number of hydrogen-bond acceptors (Lipinski definition) is 5. The average Bonchev–Trinajstić information content (AvgIpc) is 2.66. The van der Waals surface area contributed by atoms with Crippen LogP contribution in [0.5, 0.6) is 0 Å². The number of carbonyl (C=O) groups is 2. The van der Waals surface area contributed by atoms with Crippen LogP contribution in [0, 0.1) is 5.92 Å². The van der Waals surface area contributed by atoms with Crippen molar-refractivity contribution in [3.8, 4) is 0 Å². The van der Waals surface area contributed by atoms with Gasteiger partial charge in [0.05, 0.1) is 24.0 Å². The molecule has 0 radical (unpaired) electrons. The third-order valence-electron chi connectivity index (χ3n) is 4.48. The molecule has 150 valence electrons. The van der Waals surface area contributed by atoms with Crippen LogP contribution in [0.2, 0.25) is 5.02 Å². The van der Waals surface area contributed by atoms with Gasteiger partial charge in [-0.3, -0.25) is 9.59 Å². The van der Waals surface area contributed by atoms with Crippen LogP contribution in [0.1, 0.15) is 12.8 Å². The largest absolute Gasteiger partial charge is 0.395 e. The Morgan fingerprint density at radius 2 is 2.00 bits per heavy atom. The lowest BCUT2D eigenvalue weighted by Crippen LogP contribution is -2.47. The number of sulfonamides is 1. The van der Waals surface area contributed by atoms with E-state index in [9.17, 15) is 18.0 Å². The Morgan fingerprint density at radius 1 is 1.33 bits per heavy atom. The first kappa shape index (κ1) is 21.6. The van der Waals surface area contributed by atoms with Gasteiger partial charge in [0.15, 0.2) is 0 Å². The molecular weight excluding hydrogens is 394 g/mol. The number of piperidine rings is 1. The Balaban J connectivity index is 1.97. The minimum absolute atomic E-state index is 0.0669. The van der Waals surface area contributed by atoms with Crippen LogP contribution in [0.15, 0.2) is 29.2 Å². The highest BCUT2D eigenvalue weighted by Gasteiger charge is 2.33. The van der Waals surface area contributed by atoms with E-state index in [0.717, 1.165) is 0 Å². The average molecular weight is 418 g/mol. The summed E-state index contributed by atoms with van der Waals surface area (Å²) >= 11 is 5.81. The summed E-state index contributed by atoms with van der Waals surface area (Å²) in [6, 6.07) is 5.90. The van der Waals surface area contributed by atoms with Crippen molar-refractivity contribution in [2.45, 2.75) is 17.7 Å². The maximum Gasteiger partial charge on any atom is 0.243 e. The zero-order valence-corrected chi connectivity index (χ0v) is 16.7. The van der Waals surface area contributed by atoms with Gasteiger partial charge in [-0.15, -0.1) is 0 Å². The molecular formula is C17H24ClN3O5S. The van der Waals surface area contributed by atoms with Gasteiger partial charge in [0.25, 0.3) is 0 Å². The maximum absolute atomic E-state index is 12.8. The predicted molar refractivity (Wildman–Crippen MR) is 101 cm³/mol. The maximum atomic E-state index is 12.8. The first-order valence-corrected chi connectivity index (χ1v) is 10.5. The van der Waals surface area contributed by atoms with E-state index >= 15 is 0 Å². The topological polar surface area (TPSA) is 107 Å². The van der Waals surface area contributed by atoms with E-state index in [1.807, 2.05) is 0 Å². The lowest BCUT2D eigenvalue weighted by molar-refractivity contribution is -0.133. The van der Waals surface area contributed by atoms with Crippen LogP contribution in [0.25, 0.3) is 0 Å². The molecule has 2 amide bonds. The monoisotopic (exact) mass is 417 g/mol. The quantitative estimate of drug-likeness (QED) is 0.663. The summed E-state index contributed by atoms with van der Waals surface area (Å²) in [4.78, 5) is 25.7. The fourth-order valence-electron chi connectivity index (χ4n) is 2.85. The molecule has 1 heterocycles. The van der Waals surface area contributed by atoms with Crippen LogP contribution < -0.4 is 5.32 Å². The number of rotatable bonds is 7. The lowest BCUT2D eigenvalue weighted by Gasteiger charge is -2.31. The molecule has 1 aliphatic rings. The number of carbonyl (C=O) groups excluding carboxylic acids is 2. The number of likely N-dealkylation sites (N-methyl/N-ethyl adjacent to an activating group) is 1. The molecule has 0 bridgehead atoms. The Kier molecular flexibility index (Phi) is 7.60. The van der Waals surface area contributed by atoms with E-state index in [1.54, 1.807) is 0 Å². The van der Waals surface area contributed by atoms with Gasteiger partial charge in [-0.1, -0.05) is 11.6 Å². The first-order valence-electron chi connectivity index (χ1n) is 8.64. The minimum atomic E-state index is -3.71. The van der Waals surface area contributed by atoms with Crippen LogP contribution in [-0.2, 0) is 19.6 Å². The predicted octanol–water partition coefficient (Wildman–Crippen LogP) is 0.308. The van der Waals surface area contributed by atoms with E-state index in [2.05, 4.69) is 5.32 Å². The minimum Gasteiger partial charge on any atom is -0.395 e. The third kappa shape index (κ3) is 5.65. The normalized spacial score (nSPS) is 18.1. The second-order valence-corrected chi connectivity index (χ2v) is 8.79. The van der Waals surface area contributed by atoms with Gasteiger partial charge < -0.3 is 15.3 Å². The molecule has 0 aromatic heterocycles. The van der Waals surface area contributed by atoms with Crippen LogP contribution >= 0.6 is 11.6 Å². The molecule has 0 saturated carbocycles. The van der Waals surface area contributed by atoms with E-state index in [1.165, 1.54) is 40.5 Å². The summed E-state index contributed by atoms with van der Waals surface area (Å²) in [6.07, 6.45) is 1.11. The summed E-state index contributed by atoms with van der Waals surface area (Å²) in [5.41, 5.74) is 0. The van der Waals surface area contributed by atoms with E-state index in [0.29, 0.717) is 24.4 Å². The molecule has 27 heavy (non-hydrogen) atoms. The van der Waals surface area contributed by atoms with Crippen LogP contribution in [0.4, 0.5) is 0 Å². The van der Waals surface area contributed by atoms with E-state index in [-0.39, 0.29) is 43.0 Å². The molecule has 1 saturated heterocycles. The van der Waals surface area contributed by atoms with E-state index < -0.39 is 15.9 Å². The molecule has 0 unspecified atom stereocenters. The second-order valence-electron chi connectivity index (χ2n) is 6.41. The molecule has 1 atom stereocenters. The number of aliphatic hydroxyl groups excluding tert-OH is 1. The van der Waals surface area contributed by atoms with Crippen LogP contribution in [-0.4, -0.2) is 74.4 Å². The van der Waals surface area contributed by atoms with Crippen molar-refractivity contribution in [3.05, 3.63) is 29.3 Å². The van der Waals surface area contributed by atoms with Crippen LogP contribution in [0.3, 0.4) is 0 Å². The van der Waals surface area contributed by atoms with Crippen molar-refractivity contribution >= 4 is 33.4 Å². The third-order valence-corrected chi connectivity index (χ3v) is 6.61. The Hall–Kier alpha value is -1.68. The molecule has 0 spiro atoms. The van der Waals surface area contributed by atoms with Crippen molar-refractivity contribution in [1.29, 1.82) is 0 Å². The van der Waals surface area contributed by atoms with Gasteiger partial charge in [-0.2, -0.15) is 4.31 Å². The number of benzene rings is 1. The summed E-state index contributed by atoms with van der Waals surface area (Å²) in [7, 11) is -2.17. The van der Waals surface area contributed by atoms with Gasteiger partial charge in [0.1, 0.15) is 0 Å². The molecule has 2 N–H and O–H groups in total. The van der Waals surface area contributed by atoms with Gasteiger partial charge in [-0.05, 0) is 37.1 Å². The standard InChI is InChI=1S/C17H24ClN3O5S/c1-20(9-10-22)16(23)11-19-17(24)13-3-2-8-21(12-13)27(25,26)15-6-4-14(18)5-7-15/h4-7,13,22H,2-3,8-12H2,1H3,(H,19,24)/t13-/m0/s1. The van der Waals surface area contributed by atoms with Crippen molar-refractivity contribution in [2.24, 2.45) is 5.92 Å². The number of hydrogen-bond donors (Lipinski definition) is 2. The van der Waals surface area contributed by atoms with Gasteiger partial charge in [-0.25, -0.2) is 8.42 Å². The second kappa shape index (κ2) is 9.50. The fourth-order valence-corrected chi connectivity index (χ4v) is 4.50. The van der Waals surface area contributed by atoms with E-state index in [4.69, 9.17) is 16.7 Å². The number of nitrogens with zero attached hydrogens (tertiary/aromatic N) is 2. The summed E-state index contributed by atoms with van der Waals surface area (Å²) < 4.78 is 26.8. The first-order chi connectivity index (χ1) is 12.8. The number of nitrogens with one attached hydrogen (secondary N) is 1. The highest BCUT2D eigenvalue weighted by molar-refractivity contribution is 7.89. The molecule has 1 aromatic rings. The molecule has 8 nitrogen and oxygen atoms in total. The molecule has 1 fully saturated rings. The van der Waals surface area contributed by atoms with Crippen molar-refractivity contribution in [2.75, 3.05) is 39.8 Å². The summed E-state index contributed by atoms with van der Waals surface area (Å²) in [5.74, 6) is -1.19. The lowest BCUT2D eigenvalue weighted by atomic mass is 9.99. The fraction of sp³-hybridized carbons (Fsp3) is 0.529. The Morgan fingerprint density at radius 3 is 2.63 bits per heavy atom. The summed E-state index contributed by atoms with van der Waals surface area (Å²) in [6.45, 7) is 0.252. The van der Waals surface area contributed by atoms with Gasteiger partial charge in [0, 0.05) is 31.7 Å². The number of aliphatic hydroxyl groups is 1. The molecule has 1 aromatic carbocycles. The molecule has 10 heteroatoms. The Bertz CT molecular complexity index is 769. The SMILES string of the molecule is CN(CCO)C(=O)CNC(=O)[C@H]1CCCN(S(=O)(=O)c2ccc(Cl)cc2)C1. The Labute approximate surface area is 164 Å². The van der Waals surface area contributed by atoms with Crippen molar-refractivity contribution in [1.82, 2.24) is 14.5 Å². The number of amides is 2. The molecule has 0 aliphatic carbocycles. The van der Waals surface area contributed by atoms with Crippen molar-refractivity contribution in [3.63, 3.8) is 0 Å². The highest BCUT2D eigenvalue weighted by atomic mass is 35.5. The number of halogens is 1. The zero-order valence-electron chi connectivity index (χ0n) is 15.1. The smallest absolute Gasteiger partial charge is 0.243 e. The zero-order chi connectivity index (χ0) is 20.0. The highest BCUT2D eigenvalue weighted by Crippen LogP contribution is 2.24. The van der Waals surface area contributed by atoms with Crippen molar-refractivity contribution < 1.29 is 23.1 Å². The summed E-state index contributed by atoms with van der Waals surface area (Å²) in [5, 5.41) is 11.8.